The summed E-state index contributed by atoms with van der Waals surface area (Å²) in [6, 6.07) is 4.37. The van der Waals surface area contributed by atoms with Crippen molar-refractivity contribution in [2.24, 2.45) is 5.92 Å². The molecule has 138 valence electrons. The number of amides is 1. The van der Waals surface area contributed by atoms with E-state index in [1.807, 2.05) is 0 Å². The molecule has 1 amide bonds. The molecular formula is C17H23ClN2O4S. The van der Waals surface area contributed by atoms with Gasteiger partial charge in [-0.3, -0.25) is 4.79 Å². The van der Waals surface area contributed by atoms with Gasteiger partial charge in [-0.15, -0.1) is 0 Å². The van der Waals surface area contributed by atoms with E-state index in [2.05, 4.69) is 6.92 Å². The minimum Gasteiger partial charge on any atom is -0.379 e. The number of carbonyl (C=O) groups excluding carboxylic acids is 1. The second kappa shape index (κ2) is 7.61. The highest BCUT2D eigenvalue weighted by Crippen LogP contribution is 2.26. The van der Waals surface area contributed by atoms with Crippen LogP contribution in [0.25, 0.3) is 0 Å². The first kappa shape index (κ1) is 18.6. The highest BCUT2D eigenvalue weighted by molar-refractivity contribution is 7.89. The lowest BCUT2D eigenvalue weighted by atomic mass is 9.99. The SMILES string of the molecule is C[C@H]1CCCN(C(=O)c2cc(S(=O)(=O)N3CCOCC3)ccc2Cl)C1. The van der Waals surface area contributed by atoms with E-state index in [1.54, 1.807) is 4.90 Å². The summed E-state index contributed by atoms with van der Waals surface area (Å²) in [5.74, 6) is 0.243. The molecule has 0 aromatic heterocycles. The van der Waals surface area contributed by atoms with Crippen LogP contribution in [0.4, 0.5) is 0 Å². The molecule has 2 heterocycles. The maximum atomic E-state index is 12.8. The van der Waals surface area contributed by atoms with Crippen LogP contribution in [-0.2, 0) is 14.8 Å². The lowest BCUT2D eigenvalue weighted by Gasteiger charge is -2.31. The third-order valence-corrected chi connectivity index (χ3v) is 6.94. The lowest BCUT2D eigenvalue weighted by molar-refractivity contribution is 0.0682. The van der Waals surface area contributed by atoms with E-state index >= 15 is 0 Å². The Balaban J connectivity index is 1.88. The van der Waals surface area contributed by atoms with Gasteiger partial charge >= 0.3 is 0 Å². The van der Waals surface area contributed by atoms with Gasteiger partial charge in [-0.25, -0.2) is 8.42 Å². The van der Waals surface area contributed by atoms with Crippen molar-refractivity contribution >= 4 is 27.5 Å². The number of ether oxygens (including phenoxy) is 1. The van der Waals surface area contributed by atoms with Crippen LogP contribution in [0.15, 0.2) is 23.1 Å². The molecule has 2 aliphatic heterocycles. The quantitative estimate of drug-likeness (QED) is 0.799. The molecular weight excluding hydrogens is 364 g/mol. The Bertz CT molecular complexity index is 747. The summed E-state index contributed by atoms with van der Waals surface area (Å²) in [5, 5.41) is 0.282. The summed E-state index contributed by atoms with van der Waals surface area (Å²) >= 11 is 6.21. The highest BCUT2D eigenvalue weighted by Gasteiger charge is 2.29. The molecule has 0 N–H and O–H groups in total. The Morgan fingerprint density at radius 1 is 1.24 bits per heavy atom. The van der Waals surface area contributed by atoms with Crippen LogP contribution in [-0.4, -0.2) is 62.9 Å². The van der Waals surface area contributed by atoms with Crippen molar-refractivity contribution in [3.05, 3.63) is 28.8 Å². The van der Waals surface area contributed by atoms with Crippen molar-refractivity contribution in [2.75, 3.05) is 39.4 Å². The Morgan fingerprint density at radius 3 is 2.64 bits per heavy atom. The molecule has 0 aliphatic carbocycles. The summed E-state index contributed by atoms with van der Waals surface area (Å²) in [7, 11) is -3.65. The maximum Gasteiger partial charge on any atom is 0.255 e. The molecule has 1 aromatic carbocycles. The van der Waals surface area contributed by atoms with E-state index < -0.39 is 10.0 Å². The second-order valence-corrected chi connectivity index (χ2v) is 9.00. The molecule has 1 atom stereocenters. The fourth-order valence-corrected chi connectivity index (χ4v) is 4.94. The molecule has 1 aromatic rings. The fraction of sp³-hybridized carbons (Fsp3) is 0.588. The zero-order chi connectivity index (χ0) is 18.0. The molecule has 0 saturated carbocycles. The summed E-state index contributed by atoms with van der Waals surface area (Å²) in [6.45, 7) is 4.86. The van der Waals surface area contributed by atoms with Crippen LogP contribution in [0.1, 0.15) is 30.1 Å². The predicted octanol–water partition coefficient (Wildman–Crippen LogP) is 2.23. The molecule has 2 aliphatic rings. The molecule has 0 bridgehead atoms. The van der Waals surface area contributed by atoms with Crippen molar-refractivity contribution in [1.82, 2.24) is 9.21 Å². The fourth-order valence-electron chi connectivity index (χ4n) is 3.31. The topological polar surface area (TPSA) is 66.9 Å². The second-order valence-electron chi connectivity index (χ2n) is 6.66. The van der Waals surface area contributed by atoms with Crippen LogP contribution in [0.5, 0.6) is 0 Å². The Kier molecular flexibility index (Phi) is 5.68. The van der Waals surface area contributed by atoms with Gasteiger partial charge in [0.2, 0.25) is 10.0 Å². The number of halogens is 1. The molecule has 0 unspecified atom stereocenters. The highest BCUT2D eigenvalue weighted by atomic mass is 35.5. The van der Waals surface area contributed by atoms with E-state index in [-0.39, 0.29) is 21.4 Å². The monoisotopic (exact) mass is 386 g/mol. The largest absolute Gasteiger partial charge is 0.379 e. The standard InChI is InChI=1S/C17H23ClN2O4S/c1-13-3-2-6-19(12-13)17(21)15-11-14(4-5-16(15)18)25(22,23)20-7-9-24-10-8-20/h4-5,11,13H,2-3,6-10,12H2,1H3/t13-/m0/s1. The van der Waals surface area contributed by atoms with E-state index in [9.17, 15) is 13.2 Å². The molecule has 25 heavy (non-hydrogen) atoms. The number of benzene rings is 1. The van der Waals surface area contributed by atoms with E-state index in [0.29, 0.717) is 45.3 Å². The zero-order valence-corrected chi connectivity index (χ0v) is 15.9. The first-order valence-corrected chi connectivity index (χ1v) is 10.4. The Labute approximate surface area is 153 Å². The van der Waals surface area contributed by atoms with Crippen LogP contribution in [0, 0.1) is 5.92 Å². The molecule has 2 saturated heterocycles. The van der Waals surface area contributed by atoms with Crippen molar-refractivity contribution in [1.29, 1.82) is 0 Å². The van der Waals surface area contributed by atoms with Gasteiger partial charge in [0.15, 0.2) is 0 Å². The number of carbonyl (C=O) groups is 1. The average molecular weight is 387 g/mol. The first-order valence-electron chi connectivity index (χ1n) is 8.56. The summed E-state index contributed by atoms with van der Waals surface area (Å²) in [6.07, 6.45) is 2.05. The number of likely N-dealkylation sites (tertiary alicyclic amines) is 1. The van der Waals surface area contributed by atoms with Gasteiger partial charge < -0.3 is 9.64 Å². The van der Waals surface area contributed by atoms with Gasteiger partial charge in [-0.2, -0.15) is 4.31 Å². The number of nitrogens with zero attached hydrogens (tertiary/aromatic N) is 2. The smallest absolute Gasteiger partial charge is 0.255 e. The molecule has 3 rings (SSSR count). The molecule has 2 fully saturated rings. The van der Waals surface area contributed by atoms with Crippen molar-refractivity contribution in [3.8, 4) is 0 Å². The average Bonchev–Trinajstić information content (AvgIpc) is 2.62. The summed E-state index contributed by atoms with van der Waals surface area (Å²) < 4.78 is 32.2. The van der Waals surface area contributed by atoms with E-state index in [0.717, 1.165) is 12.8 Å². The lowest BCUT2D eigenvalue weighted by Crippen LogP contribution is -2.41. The van der Waals surface area contributed by atoms with Crippen LogP contribution in [0.2, 0.25) is 5.02 Å². The minimum atomic E-state index is -3.65. The number of rotatable bonds is 3. The number of sulfonamides is 1. The Hall–Kier alpha value is -1.15. The van der Waals surface area contributed by atoms with Crippen LogP contribution in [0.3, 0.4) is 0 Å². The molecule has 0 radical (unpaired) electrons. The van der Waals surface area contributed by atoms with Gasteiger partial charge in [-0.05, 0) is 37.0 Å². The zero-order valence-electron chi connectivity index (χ0n) is 14.3. The number of hydrogen-bond acceptors (Lipinski definition) is 4. The van der Waals surface area contributed by atoms with Gasteiger partial charge in [0, 0.05) is 26.2 Å². The maximum absolute atomic E-state index is 12.8. The summed E-state index contributed by atoms with van der Waals surface area (Å²) in [5.41, 5.74) is 0.255. The van der Waals surface area contributed by atoms with Crippen molar-refractivity contribution in [2.45, 2.75) is 24.7 Å². The Morgan fingerprint density at radius 2 is 1.96 bits per heavy atom. The number of morpholine rings is 1. The normalized spacial score (nSPS) is 22.8. The number of piperidine rings is 1. The molecule has 6 nitrogen and oxygen atoms in total. The molecule has 8 heteroatoms. The van der Waals surface area contributed by atoms with Gasteiger partial charge in [0.25, 0.3) is 5.91 Å². The first-order chi connectivity index (χ1) is 11.9. The summed E-state index contributed by atoms with van der Waals surface area (Å²) in [4.78, 5) is 14.7. The van der Waals surface area contributed by atoms with Gasteiger partial charge in [-0.1, -0.05) is 18.5 Å². The van der Waals surface area contributed by atoms with Crippen molar-refractivity contribution < 1.29 is 17.9 Å². The van der Waals surface area contributed by atoms with Crippen molar-refractivity contribution in [3.63, 3.8) is 0 Å². The van der Waals surface area contributed by atoms with Gasteiger partial charge in [0.05, 0.1) is 28.7 Å². The minimum absolute atomic E-state index is 0.104. The third-order valence-electron chi connectivity index (χ3n) is 4.72. The van der Waals surface area contributed by atoms with Crippen LogP contribution < -0.4 is 0 Å². The number of hydrogen-bond donors (Lipinski definition) is 0. The molecule has 0 spiro atoms. The predicted molar refractivity (Wildman–Crippen MR) is 95.3 cm³/mol. The van der Waals surface area contributed by atoms with Gasteiger partial charge in [0.1, 0.15) is 0 Å². The van der Waals surface area contributed by atoms with E-state index in [1.165, 1.54) is 22.5 Å². The third kappa shape index (κ3) is 4.00. The van der Waals surface area contributed by atoms with Crippen LogP contribution >= 0.6 is 11.6 Å². The van der Waals surface area contributed by atoms with E-state index in [4.69, 9.17) is 16.3 Å².